The molecule has 2 aliphatic rings. The Kier molecular flexibility index (Phi) is 4.62. The summed E-state index contributed by atoms with van der Waals surface area (Å²) >= 11 is 0. The zero-order valence-electron chi connectivity index (χ0n) is 19.8. The van der Waals surface area contributed by atoms with Gasteiger partial charge in [0.25, 0.3) is 0 Å². The SMILES string of the molecule is CC(N)(Cc1cnc2oc3c(N4CCOCC4)nc(-c4cccc5[nH]ccc45)nc3c2c1)C1CC1. The van der Waals surface area contributed by atoms with Crippen molar-refractivity contribution < 1.29 is 9.15 Å². The number of hydrogen-bond acceptors (Lipinski definition) is 7. The van der Waals surface area contributed by atoms with Crippen molar-refractivity contribution in [1.82, 2.24) is 19.9 Å². The summed E-state index contributed by atoms with van der Waals surface area (Å²) < 4.78 is 11.9. The van der Waals surface area contributed by atoms with Crippen LogP contribution in [-0.2, 0) is 11.2 Å². The largest absolute Gasteiger partial charge is 0.432 e. The maximum absolute atomic E-state index is 6.65. The van der Waals surface area contributed by atoms with Crippen molar-refractivity contribution in [3.05, 3.63) is 48.3 Å². The van der Waals surface area contributed by atoms with Gasteiger partial charge in [-0.15, -0.1) is 0 Å². The van der Waals surface area contributed by atoms with Gasteiger partial charge in [-0.2, -0.15) is 0 Å². The van der Waals surface area contributed by atoms with Crippen molar-refractivity contribution in [3.8, 4) is 11.4 Å². The first-order chi connectivity index (χ1) is 17.1. The molecule has 1 saturated carbocycles. The Morgan fingerprint density at radius 3 is 2.83 bits per heavy atom. The van der Waals surface area contributed by atoms with Gasteiger partial charge in [-0.25, -0.2) is 15.0 Å². The number of nitrogens with zero attached hydrogens (tertiary/aromatic N) is 4. The number of morpholine rings is 1. The van der Waals surface area contributed by atoms with Crippen molar-refractivity contribution in [2.75, 3.05) is 31.2 Å². The van der Waals surface area contributed by atoms with Crippen molar-refractivity contribution in [3.63, 3.8) is 0 Å². The first-order valence-electron chi connectivity index (χ1n) is 12.3. The highest BCUT2D eigenvalue weighted by atomic mass is 16.5. The predicted octanol–water partition coefficient (Wildman–Crippen LogP) is 4.43. The molecule has 1 aromatic carbocycles. The zero-order chi connectivity index (χ0) is 23.6. The first kappa shape index (κ1) is 20.8. The van der Waals surface area contributed by atoms with E-state index in [9.17, 15) is 0 Å². The normalized spacial score (nSPS) is 18.5. The molecule has 1 aliphatic heterocycles. The van der Waals surface area contributed by atoms with Crippen molar-refractivity contribution in [1.29, 1.82) is 0 Å². The second kappa shape index (κ2) is 7.76. The maximum Gasteiger partial charge on any atom is 0.229 e. The Morgan fingerprint density at radius 2 is 2.00 bits per heavy atom. The first-order valence-corrected chi connectivity index (χ1v) is 12.3. The van der Waals surface area contributed by atoms with Crippen LogP contribution in [0.1, 0.15) is 25.3 Å². The van der Waals surface area contributed by atoms with Gasteiger partial charge >= 0.3 is 0 Å². The molecule has 0 spiro atoms. The predicted molar refractivity (Wildman–Crippen MR) is 136 cm³/mol. The number of rotatable bonds is 5. The number of pyridine rings is 1. The zero-order valence-corrected chi connectivity index (χ0v) is 19.8. The highest BCUT2D eigenvalue weighted by Crippen LogP contribution is 2.41. The van der Waals surface area contributed by atoms with Gasteiger partial charge in [0.1, 0.15) is 5.52 Å². The molecule has 1 unspecified atom stereocenters. The summed E-state index contributed by atoms with van der Waals surface area (Å²) in [6.07, 6.45) is 7.04. The van der Waals surface area contributed by atoms with Gasteiger partial charge in [0.2, 0.25) is 5.71 Å². The number of furan rings is 1. The Bertz CT molecular complexity index is 1560. The maximum atomic E-state index is 6.65. The minimum absolute atomic E-state index is 0.224. The van der Waals surface area contributed by atoms with E-state index >= 15 is 0 Å². The van der Waals surface area contributed by atoms with E-state index in [-0.39, 0.29) is 5.54 Å². The van der Waals surface area contributed by atoms with Gasteiger partial charge in [0.05, 0.1) is 18.6 Å². The molecule has 0 bridgehead atoms. The number of fused-ring (bicyclic) bond motifs is 4. The number of nitrogens with one attached hydrogen (secondary N) is 1. The molecule has 35 heavy (non-hydrogen) atoms. The second-order valence-electron chi connectivity index (χ2n) is 10.1. The molecule has 1 saturated heterocycles. The van der Waals surface area contributed by atoms with Crippen LogP contribution in [-0.4, -0.2) is 51.8 Å². The number of aromatic amines is 1. The number of aromatic nitrogens is 4. The summed E-state index contributed by atoms with van der Waals surface area (Å²) in [5.74, 6) is 2.06. The van der Waals surface area contributed by atoms with Crippen molar-refractivity contribution in [2.24, 2.45) is 11.7 Å². The van der Waals surface area contributed by atoms with Crippen molar-refractivity contribution >= 4 is 38.9 Å². The Labute approximate surface area is 202 Å². The molecule has 2 fully saturated rings. The van der Waals surface area contributed by atoms with E-state index in [0.717, 1.165) is 58.3 Å². The average Bonchev–Trinajstić information content (AvgIpc) is 3.53. The second-order valence-corrected chi connectivity index (χ2v) is 10.1. The van der Waals surface area contributed by atoms with Crippen LogP contribution in [0.25, 0.3) is 44.5 Å². The lowest BCUT2D eigenvalue weighted by molar-refractivity contribution is 0.122. The summed E-state index contributed by atoms with van der Waals surface area (Å²) in [5, 5.41) is 2.00. The van der Waals surface area contributed by atoms with Gasteiger partial charge < -0.3 is 24.8 Å². The standard InChI is InChI=1S/C27H28N6O2/c1-27(28,17-5-6-17)14-16-13-20-22-23(35-26(20)30-15-16)25(33-9-11-34-12-10-33)32-24(31-22)19-3-2-4-21-18(19)7-8-29-21/h2-4,7-8,13,15,17,29H,5-6,9-12,14,28H2,1H3. The summed E-state index contributed by atoms with van der Waals surface area (Å²) in [4.78, 5) is 20.3. The molecule has 1 aliphatic carbocycles. The van der Waals surface area contributed by atoms with Crippen LogP contribution in [0.4, 0.5) is 5.82 Å². The number of H-pyrrole nitrogens is 1. The van der Waals surface area contributed by atoms with Gasteiger partial charge in [-0.1, -0.05) is 12.1 Å². The van der Waals surface area contributed by atoms with Gasteiger partial charge in [0, 0.05) is 47.5 Å². The van der Waals surface area contributed by atoms with Crippen LogP contribution in [0.15, 0.2) is 47.1 Å². The summed E-state index contributed by atoms with van der Waals surface area (Å²) in [6, 6.07) is 10.4. The van der Waals surface area contributed by atoms with Gasteiger partial charge in [0.15, 0.2) is 17.2 Å². The Hall–Kier alpha value is -3.49. The lowest BCUT2D eigenvalue weighted by atomic mass is 9.89. The fourth-order valence-corrected chi connectivity index (χ4v) is 5.37. The van der Waals surface area contributed by atoms with E-state index in [1.807, 2.05) is 18.5 Å². The van der Waals surface area contributed by atoms with Gasteiger partial charge in [-0.3, -0.25) is 0 Å². The molecule has 1 atom stereocenters. The minimum Gasteiger partial charge on any atom is -0.432 e. The third-order valence-corrected chi connectivity index (χ3v) is 7.45. The van der Waals surface area contributed by atoms with E-state index < -0.39 is 0 Å². The van der Waals surface area contributed by atoms with E-state index in [0.29, 0.717) is 36.3 Å². The molecule has 5 aromatic rings. The number of ether oxygens (including phenoxy) is 1. The number of hydrogen-bond donors (Lipinski definition) is 2. The molecule has 8 nitrogen and oxygen atoms in total. The summed E-state index contributed by atoms with van der Waals surface area (Å²) in [7, 11) is 0. The molecule has 4 aromatic heterocycles. The Morgan fingerprint density at radius 1 is 1.14 bits per heavy atom. The molecule has 3 N–H and O–H groups in total. The highest BCUT2D eigenvalue weighted by molar-refractivity contribution is 6.06. The van der Waals surface area contributed by atoms with Crippen LogP contribution in [0.2, 0.25) is 0 Å². The fraction of sp³-hybridized carbons (Fsp3) is 0.370. The van der Waals surface area contributed by atoms with Gasteiger partial charge in [-0.05, 0) is 55.9 Å². The quantitative estimate of drug-likeness (QED) is 0.393. The van der Waals surface area contributed by atoms with Crippen molar-refractivity contribution in [2.45, 2.75) is 31.7 Å². The van der Waals surface area contributed by atoms with Crippen LogP contribution >= 0.6 is 0 Å². The minimum atomic E-state index is -0.224. The monoisotopic (exact) mass is 468 g/mol. The topological polar surface area (TPSA) is 106 Å². The number of anilines is 1. The summed E-state index contributed by atoms with van der Waals surface area (Å²) in [6.45, 7) is 4.97. The van der Waals surface area contributed by atoms with Crippen LogP contribution in [0.3, 0.4) is 0 Å². The molecular weight excluding hydrogens is 440 g/mol. The molecule has 5 heterocycles. The number of nitrogens with two attached hydrogens (primary N) is 1. The smallest absolute Gasteiger partial charge is 0.229 e. The van der Waals surface area contributed by atoms with E-state index in [1.165, 1.54) is 12.8 Å². The van der Waals surface area contributed by atoms with E-state index in [4.69, 9.17) is 24.9 Å². The average molecular weight is 469 g/mol. The molecule has 0 amide bonds. The van der Waals surface area contributed by atoms with Crippen LogP contribution in [0, 0.1) is 5.92 Å². The fourth-order valence-electron chi connectivity index (χ4n) is 5.37. The van der Waals surface area contributed by atoms with Crippen LogP contribution < -0.4 is 10.6 Å². The molecule has 7 rings (SSSR count). The molecule has 178 valence electrons. The lowest BCUT2D eigenvalue weighted by Gasteiger charge is -2.27. The third-order valence-electron chi connectivity index (χ3n) is 7.45. The molecule has 8 heteroatoms. The highest BCUT2D eigenvalue weighted by Gasteiger charge is 2.38. The van der Waals surface area contributed by atoms with E-state index in [1.54, 1.807) is 0 Å². The Balaban J connectivity index is 1.43. The summed E-state index contributed by atoms with van der Waals surface area (Å²) in [5.41, 5.74) is 11.6. The molecule has 0 radical (unpaired) electrons. The van der Waals surface area contributed by atoms with Crippen LogP contribution in [0.5, 0.6) is 0 Å². The lowest BCUT2D eigenvalue weighted by Crippen LogP contribution is -2.40. The van der Waals surface area contributed by atoms with E-state index in [2.05, 4.69) is 46.1 Å². The third kappa shape index (κ3) is 3.56. The number of benzene rings is 1. The molecular formula is C27H28N6O2.